The van der Waals surface area contributed by atoms with Crippen LogP contribution in [0.25, 0.3) is 0 Å². The molecule has 2 aromatic rings. The molecule has 6 nitrogen and oxygen atoms in total. The van der Waals surface area contributed by atoms with Crippen molar-refractivity contribution in [3.05, 3.63) is 65.6 Å². The lowest BCUT2D eigenvalue weighted by molar-refractivity contribution is -0.112. The normalized spacial score (nSPS) is 10.6. The van der Waals surface area contributed by atoms with Crippen molar-refractivity contribution in [2.24, 2.45) is 0 Å². The highest BCUT2D eigenvalue weighted by Gasteiger charge is 2.11. The number of hydrogen-bond donors (Lipinski definition) is 2. The zero-order valence-corrected chi connectivity index (χ0v) is 14.4. The molecule has 0 saturated carbocycles. The number of anilines is 1. The van der Waals surface area contributed by atoms with E-state index in [2.05, 4.69) is 10.6 Å². The highest BCUT2D eigenvalue weighted by Crippen LogP contribution is 2.29. The molecule has 0 aromatic heterocycles. The van der Waals surface area contributed by atoms with Crippen LogP contribution in [-0.2, 0) is 11.3 Å². The van der Waals surface area contributed by atoms with E-state index in [-0.39, 0.29) is 17.9 Å². The number of nitrogens with one attached hydrogen (secondary N) is 2. The molecule has 0 unspecified atom stereocenters. The standard InChI is InChI=1S/C19H18FN3O3/c1-25-17-8-7-15(9-18(17)26-2)23-19(24)14(10-21)12-22-11-13-5-3-4-6-16(13)20/h3-9,12,22H,11H2,1-2H3,(H,23,24)/b14-12-. The minimum atomic E-state index is -0.597. The lowest BCUT2D eigenvalue weighted by atomic mass is 10.2. The van der Waals surface area contributed by atoms with Gasteiger partial charge in [0.05, 0.1) is 14.2 Å². The van der Waals surface area contributed by atoms with Crippen LogP contribution >= 0.6 is 0 Å². The first kappa shape index (κ1) is 18.8. The average Bonchev–Trinajstić information content (AvgIpc) is 2.66. The maximum absolute atomic E-state index is 13.5. The molecule has 7 heteroatoms. The molecule has 2 aromatic carbocycles. The number of amides is 1. The molecule has 0 spiro atoms. The van der Waals surface area contributed by atoms with Gasteiger partial charge in [-0.3, -0.25) is 4.79 Å². The average molecular weight is 355 g/mol. The number of ether oxygens (including phenoxy) is 2. The van der Waals surface area contributed by atoms with Crippen molar-refractivity contribution in [2.75, 3.05) is 19.5 Å². The number of hydrogen-bond acceptors (Lipinski definition) is 5. The molecule has 134 valence electrons. The maximum atomic E-state index is 13.5. The summed E-state index contributed by atoms with van der Waals surface area (Å²) in [4.78, 5) is 12.2. The lowest BCUT2D eigenvalue weighted by Gasteiger charge is -2.10. The van der Waals surface area contributed by atoms with E-state index in [0.29, 0.717) is 22.7 Å². The summed E-state index contributed by atoms with van der Waals surface area (Å²) >= 11 is 0. The van der Waals surface area contributed by atoms with E-state index in [1.807, 2.05) is 6.07 Å². The summed E-state index contributed by atoms with van der Waals surface area (Å²) in [5, 5.41) is 14.5. The van der Waals surface area contributed by atoms with E-state index < -0.39 is 5.91 Å². The number of carbonyl (C=O) groups is 1. The molecule has 0 aliphatic rings. The number of carbonyl (C=O) groups excluding carboxylic acids is 1. The molecular weight excluding hydrogens is 337 g/mol. The smallest absolute Gasteiger partial charge is 0.267 e. The monoisotopic (exact) mass is 355 g/mol. The molecule has 0 fully saturated rings. The van der Waals surface area contributed by atoms with Gasteiger partial charge in [-0.2, -0.15) is 5.26 Å². The van der Waals surface area contributed by atoms with Crippen LogP contribution in [0.5, 0.6) is 11.5 Å². The SMILES string of the molecule is COc1ccc(NC(=O)/C(C#N)=C\NCc2ccccc2F)cc1OC. The predicted octanol–water partition coefficient (Wildman–Crippen LogP) is 2.98. The van der Waals surface area contributed by atoms with Crippen LogP contribution in [0.4, 0.5) is 10.1 Å². The minimum Gasteiger partial charge on any atom is -0.493 e. The predicted molar refractivity (Wildman–Crippen MR) is 95.1 cm³/mol. The van der Waals surface area contributed by atoms with Crippen LogP contribution in [0.3, 0.4) is 0 Å². The zero-order valence-electron chi connectivity index (χ0n) is 14.4. The van der Waals surface area contributed by atoms with E-state index in [1.54, 1.807) is 36.4 Å². The maximum Gasteiger partial charge on any atom is 0.267 e. The van der Waals surface area contributed by atoms with Gasteiger partial charge in [0.25, 0.3) is 5.91 Å². The van der Waals surface area contributed by atoms with Crippen LogP contribution in [0.15, 0.2) is 54.2 Å². The third-order valence-corrected chi connectivity index (χ3v) is 3.50. The van der Waals surface area contributed by atoms with Gasteiger partial charge in [-0.1, -0.05) is 18.2 Å². The van der Waals surface area contributed by atoms with Crippen molar-refractivity contribution in [3.63, 3.8) is 0 Å². The zero-order chi connectivity index (χ0) is 18.9. The number of halogens is 1. The number of methoxy groups -OCH3 is 2. The van der Waals surface area contributed by atoms with E-state index >= 15 is 0 Å². The molecule has 0 radical (unpaired) electrons. The van der Waals surface area contributed by atoms with Crippen molar-refractivity contribution in [1.29, 1.82) is 5.26 Å². The first-order valence-corrected chi connectivity index (χ1v) is 7.69. The van der Waals surface area contributed by atoms with Gasteiger partial charge in [-0.05, 0) is 18.2 Å². The third-order valence-electron chi connectivity index (χ3n) is 3.50. The van der Waals surface area contributed by atoms with Gasteiger partial charge in [0.1, 0.15) is 17.5 Å². The Bertz CT molecular complexity index is 859. The molecule has 2 N–H and O–H groups in total. The third kappa shape index (κ3) is 4.74. The van der Waals surface area contributed by atoms with E-state index in [9.17, 15) is 14.4 Å². The van der Waals surface area contributed by atoms with Crippen molar-refractivity contribution < 1.29 is 18.7 Å². The fourth-order valence-electron chi connectivity index (χ4n) is 2.17. The highest BCUT2D eigenvalue weighted by molar-refractivity contribution is 6.06. The lowest BCUT2D eigenvalue weighted by Crippen LogP contribution is -2.17. The fourth-order valence-corrected chi connectivity index (χ4v) is 2.17. The Labute approximate surface area is 150 Å². The first-order chi connectivity index (χ1) is 12.6. The van der Waals surface area contributed by atoms with Crippen LogP contribution in [0.2, 0.25) is 0 Å². The molecule has 0 aliphatic carbocycles. The molecule has 26 heavy (non-hydrogen) atoms. The van der Waals surface area contributed by atoms with Crippen molar-refractivity contribution in [3.8, 4) is 17.6 Å². The van der Waals surface area contributed by atoms with Crippen molar-refractivity contribution in [2.45, 2.75) is 6.54 Å². The molecule has 0 bridgehead atoms. The van der Waals surface area contributed by atoms with E-state index in [4.69, 9.17) is 9.47 Å². The molecule has 1 amide bonds. The van der Waals surface area contributed by atoms with E-state index in [1.165, 1.54) is 26.5 Å². The van der Waals surface area contributed by atoms with Crippen molar-refractivity contribution in [1.82, 2.24) is 5.32 Å². The molecule has 0 saturated heterocycles. The Morgan fingerprint density at radius 1 is 1.19 bits per heavy atom. The summed E-state index contributed by atoms with van der Waals surface area (Å²) in [5.74, 6) is 0.0148. The molecular formula is C19H18FN3O3. The topological polar surface area (TPSA) is 83.4 Å². The van der Waals surface area contributed by atoms with Gasteiger partial charge >= 0.3 is 0 Å². The Hall–Kier alpha value is -3.53. The van der Waals surface area contributed by atoms with Gasteiger partial charge in [0, 0.05) is 30.1 Å². The summed E-state index contributed by atoms with van der Waals surface area (Å²) in [5.41, 5.74) is 0.736. The summed E-state index contributed by atoms with van der Waals surface area (Å²) in [6.45, 7) is 0.154. The quantitative estimate of drug-likeness (QED) is 0.589. The Kier molecular flexibility index (Phi) is 6.57. The molecule has 0 aliphatic heterocycles. The Morgan fingerprint density at radius 3 is 2.58 bits per heavy atom. The fraction of sp³-hybridized carbons (Fsp3) is 0.158. The summed E-state index contributed by atoms with van der Waals surface area (Å²) < 4.78 is 23.8. The number of nitrogens with zero attached hydrogens (tertiary/aromatic N) is 1. The summed E-state index contributed by atoms with van der Waals surface area (Å²) in [6, 6.07) is 12.9. The molecule has 0 atom stereocenters. The Morgan fingerprint density at radius 2 is 1.92 bits per heavy atom. The minimum absolute atomic E-state index is 0.142. The van der Waals surface area contributed by atoms with Gasteiger partial charge in [0.2, 0.25) is 0 Å². The highest BCUT2D eigenvalue weighted by atomic mass is 19.1. The van der Waals surface area contributed by atoms with Gasteiger partial charge in [0.15, 0.2) is 11.5 Å². The van der Waals surface area contributed by atoms with Crippen LogP contribution < -0.4 is 20.1 Å². The Balaban J connectivity index is 2.04. The van der Waals surface area contributed by atoms with Gasteiger partial charge < -0.3 is 20.1 Å². The second kappa shape index (κ2) is 9.08. The van der Waals surface area contributed by atoms with Gasteiger partial charge in [-0.15, -0.1) is 0 Å². The largest absolute Gasteiger partial charge is 0.493 e. The molecule has 2 rings (SSSR count). The molecule has 0 heterocycles. The van der Waals surface area contributed by atoms with Crippen LogP contribution in [0.1, 0.15) is 5.56 Å². The number of rotatable bonds is 7. The number of benzene rings is 2. The first-order valence-electron chi connectivity index (χ1n) is 7.69. The second-order valence-corrected chi connectivity index (χ2v) is 5.17. The second-order valence-electron chi connectivity index (χ2n) is 5.17. The van der Waals surface area contributed by atoms with Gasteiger partial charge in [-0.25, -0.2) is 4.39 Å². The number of nitriles is 1. The van der Waals surface area contributed by atoms with Crippen molar-refractivity contribution >= 4 is 11.6 Å². The summed E-state index contributed by atoms with van der Waals surface area (Å²) in [7, 11) is 2.99. The van der Waals surface area contributed by atoms with Crippen LogP contribution in [0, 0.1) is 17.1 Å². The van der Waals surface area contributed by atoms with E-state index in [0.717, 1.165) is 0 Å². The van der Waals surface area contributed by atoms with Crippen LogP contribution in [-0.4, -0.2) is 20.1 Å². The summed E-state index contributed by atoms with van der Waals surface area (Å²) in [6.07, 6.45) is 1.25.